The van der Waals surface area contributed by atoms with Crippen LogP contribution in [-0.4, -0.2) is 21.2 Å². The van der Waals surface area contributed by atoms with E-state index in [9.17, 15) is 4.79 Å². The van der Waals surface area contributed by atoms with Crippen molar-refractivity contribution in [3.8, 4) is 5.75 Å². The molecule has 0 aliphatic heterocycles. The highest BCUT2D eigenvalue weighted by Crippen LogP contribution is 2.17. The maximum absolute atomic E-state index is 11.8. The standard InChI is InChI=1S/C11H11N3O2S/c1-2-9-13-14-11(17-9)12-10(16)7-3-5-8(15)6-4-7/h3-6,15H,2H2,1H3,(H,12,14,16). The largest absolute Gasteiger partial charge is 0.508 e. The normalized spacial score (nSPS) is 10.2. The highest BCUT2D eigenvalue weighted by molar-refractivity contribution is 7.15. The second-order valence-corrected chi connectivity index (χ2v) is 4.42. The fourth-order valence-corrected chi connectivity index (χ4v) is 1.90. The zero-order valence-corrected chi connectivity index (χ0v) is 9.99. The number of phenols is 1. The number of nitrogens with zero attached hydrogens (tertiary/aromatic N) is 2. The number of rotatable bonds is 3. The average molecular weight is 249 g/mol. The number of nitrogens with one attached hydrogen (secondary N) is 1. The fraction of sp³-hybridized carbons (Fsp3) is 0.182. The van der Waals surface area contributed by atoms with Crippen LogP contribution in [0.5, 0.6) is 5.75 Å². The van der Waals surface area contributed by atoms with Gasteiger partial charge in [0, 0.05) is 5.56 Å². The molecule has 0 radical (unpaired) electrons. The minimum atomic E-state index is -0.260. The van der Waals surface area contributed by atoms with Gasteiger partial charge in [-0.1, -0.05) is 18.3 Å². The molecule has 0 saturated carbocycles. The third kappa shape index (κ3) is 2.79. The van der Waals surface area contributed by atoms with Crippen LogP contribution in [0, 0.1) is 0 Å². The lowest BCUT2D eigenvalue weighted by atomic mass is 10.2. The number of anilines is 1. The van der Waals surface area contributed by atoms with Crippen molar-refractivity contribution in [1.29, 1.82) is 0 Å². The molecular formula is C11H11N3O2S. The van der Waals surface area contributed by atoms with Gasteiger partial charge in [-0.15, -0.1) is 10.2 Å². The summed E-state index contributed by atoms with van der Waals surface area (Å²) < 4.78 is 0. The van der Waals surface area contributed by atoms with Gasteiger partial charge in [-0.3, -0.25) is 10.1 Å². The van der Waals surface area contributed by atoms with Crippen LogP contribution in [0.3, 0.4) is 0 Å². The van der Waals surface area contributed by atoms with Crippen molar-refractivity contribution < 1.29 is 9.90 Å². The lowest BCUT2D eigenvalue weighted by Gasteiger charge is -2.00. The third-order valence-electron chi connectivity index (χ3n) is 2.12. The first-order valence-electron chi connectivity index (χ1n) is 5.12. The van der Waals surface area contributed by atoms with Crippen LogP contribution in [-0.2, 0) is 6.42 Å². The SMILES string of the molecule is CCc1nnc(NC(=O)c2ccc(O)cc2)s1. The molecular weight excluding hydrogens is 238 g/mol. The topological polar surface area (TPSA) is 75.1 Å². The van der Waals surface area contributed by atoms with Gasteiger partial charge in [0.05, 0.1) is 0 Å². The number of phenolic OH excluding ortho intramolecular Hbond substituents is 1. The Labute approximate surface area is 102 Å². The van der Waals surface area contributed by atoms with Crippen molar-refractivity contribution in [2.45, 2.75) is 13.3 Å². The van der Waals surface area contributed by atoms with Gasteiger partial charge in [0.25, 0.3) is 5.91 Å². The lowest BCUT2D eigenvalue weighted by molar-refractivity contribution is 0.102. The summed E-state index contributed by atoms with van der Waals surface area (Å²) in [4.78, 5) is 11.8. The summed E-state index contributed by atoms with van der Waals surface area (Å²) in [5, 5.41) is 20.9. The van der Waals surface area contributed by atoms with E-state index in [0.29, 0.717) is 10.7 Å². The summed E-state index contributed by atoms with van der Waals surface area (Å²) in [5.74, 6) is -0.130. The van der Waals surface area contributed by atoms with Crippen LogP contribution >= 0.6 is 11.3 Å². The van der Waals surface area contributed by atoms with Gasteiger partial charge < -0.3 is 5.11 Å². The molecule has 0 aliphatic rings. The number of amides is 1. The molecule has 0 atom stereocenters. The van der Waals surface area contributed by atoms with E-state index < -0.39 is 0 Å². The molecule has 2 aromatic rings. The molecule has 0 fully saturated rings. The highest BCUT2D eigenvalue weighted by Gasteiger charge is 2.09. The Bertz CT molecular complexity index is 522. The average Bonchev–Trinajstić information content (AvgIpc) is 2.77. The predicted octanol–water partition coefficient (Wildman–Crippen LogP) is 2.06. The first-order valence-corrected chi connectivity index (χ1v) is 5.93. The van der Waals surface area contributed by atoms with Gasteiger partial charge in [0.15, 0.2) is 0 Å². The minimum absolute atomic E-state index is 0.130. The smallest absolute Gasteiger partial charge is 0.257 e. The predicted molar refractivity (Wildman–Crippen MR) is 65.3 cm³/mol. The van der Waals surface area contributed by atoms with Crippen LogP contribution in [0.15, 0.2) is 24.3 Å². The molecule has 6 heteroatoms. The molecule has 1 aromatic heterocycles. The fourth-order valence-electron chi connectivity index (χ4n) is 1.23. The van der Waals surface area contributed by atoms with E-state index in [1.807, 2.05) is 6.92 Å². The van der Waals surface area contributed by atoms with Crippen molar-refractivity contribution >= 4 is 22.4 Å². The summed E-state index contributed by atoms with van der Waals surface area (Å²) in [7, 11) is 0. The van der Waals surface area contributed by atoms with Crippen molar-refractivity contribution in [2.75, 3.05) is 5.32 Å². The summed E-state index contributed by atoms with van der Waals surface area (Å²) >= 11 is 1.36. The van der Waals surface area contributed by atoms with Crippen LogP contribution < -0.4 is 5.32 Å². The molecule has 0 aliphatic carbocycles. The number of aryl methyl sites for hydroxylation is 1. The molecule has 1 heterocycles. The van der Waals surface area contributed by atoms with E-state index >= 15 is 0 Å². The van der Waals surface area contributed by atoms with Crippen LogP contribution in [0.1, 0.15) is 22.3 Å². The number of hydrogen-bond donors (Lipinski definition) is 2. The number of benzene rings is 1. The van der Waals surface area contributed by atoms with E-state index in [2.05, 4.69) is 15.5 Å². The Kier molecular flexibility index (Phi) is 3.34. The van der Waals surface area contributed by atoms with E-state index in [4.69, 9.17) is 5.11 Å². The maximum atomic E-state index is 11.8. The number of carbonyl (C=O) groups excluding carboxylic acids is 1. The Morgan fingerprint density at radius 2 is 2.06 bits per heavy atom. The Morgan fingerprint density at radius 3 is 2.65 bits per heavy atom. The van der Waals surface area contributed by atoms with Gasteiger partial charge >= 0.3 is 0 Å². The molecule has 17 heavy (non-hydrogen) atoms. The van der Waals surface area contributed by atoms with Gasteiger partial charge in [0.1, 0.15) is 10.8 Å². The molecule has 5 nitrogen and oxygen atoms in total. The van der Waals surface area contributed by atoms with Gasteiger partial charge in [0.2, 0.25) is 5.13 Å². The second-order valence-electron chi connectivity index (χ2n) is 3.36. The quantitative estimate of drug-likeness (QED) is 0.873. The molecule has 0 unspecified atom stereocenters. The van der Waals surface area contributed by atoms with Crippen molar-refractivity contribution in [1.82, 2.24) is 10.2 Å². The van der Waals surface area contributed by atoms with Crippen molar-refractivity contribution in [3.63, 3.8) is 0 Å². The molecule has 1 aromatic carbocycles. The number of aromatic nitrogens is 2. The minimum Gasteiger partial charge on any atom is -0.508 e. The Balaban J connectivity index is 2.08. The molecule has 0 saturated heterocycles. The summed E-state index contributed by atoms with van der Waals surface area (Å²) in [6, 6.07) is 6.03. The van der Waals surface area contributed by atoms with E-state index in [0.717, 1.165) is 11.4 Å². The second kappa shape index (κ2) is 4.92. The van der Waals surface area contributed by atoms with Crippen molar-refractivity contribution in [2.24, 2.45) is 0 Å². The van der Waals surface area contributed by atoms with E-state index in [-0.39, 0.29) is 11.7 Å². The monoisotopic (exact) mass is 249 g/mol. The first-order chi connectivity index (χ1) is 8.19. The van der Waals surface area contributed by atoms with Crippen LogP contribution in [0.4, 0.5) is 5.13 Å². The van der Waals surface area contributed by atoms with Crippen LogP contribution in [0.2, 0.25) is 0 Å². The van der Waals surface area contributed by atoms with Gasteiger partial charge in [-0.05, 0) is 30.7 Å². The number of carbonyl (C=O) groups is 1. The van der Waals surface area contributed by atoms with E-state index in [1.165, 1.54) is 23.5 Å². The zero-order chi connectivity index (χ0) is 12.3. The first kappa shape index (κ1) is 11.5. The van der Waals surface area contributed by atoms with E-state index in [1.54, 1.807) is 12.1 Å². The lowest BCUT2D eigenvalue weighted by Crippen LogP contribution is -2.11. The van der Waals surface area contributed by atoms with Gasteiger partial charge in [-0.2, -0.15) is 0 Å². The van der Waals surface area contributed by atoms with Crippen LogP contribution in [0.25, 0.3) is 0 Å². The third-order valence-corrected chi connectivity index (χ3v) is 3.10. The number of hydrogen-bond acceptors (Lipinski definition) is 5. The highest BCUT2D eigenvalue weighted by atomic mass is 32.1. The van der Waals surface area contributed by atoms with Crippen molar-refractivity contribution in [3.05, 3.63) is 34.8 Å². The molecule has 1 amide bonds. The molecule has 0 bridgehead atoms. The maximum Gasteiger partial charge on any atom is 0.257 e. The molecule has 88 valence electrons. The summed E-state index contributed by atoms with van der Waals surface area (Å²) in [6.45, 7) is 1.98. The Hall–Kier alpha value is -1.95. The molecule has 2 rings (SSSR count). The molecule has 2 N–H and O–H groups in total. The summed E-state index contributed by atoms with van der Waals surface area (Å²) in [5.41, 5.74) is 0.469. The zero-order valence-electron chi connectivity index (χ0n) is 9.17. The summed E-state index contributed by atoms with van der Waals surface area (Å²) in [6.07, 6.45) is 0.798. The molecule has 0 spiro atoms. The van der Waals surface area contributed by atoms with Gasteiger partial charge in [-0.25, -0.2) is 0 Å². The Morgan fingerprint density at radius 1 is 1.35 bits per heavy atom. The number of aromatic hydroxyl groups is 1.